The normalized spacial score (nSPS) is 18.2. The lowest BCUT2D eigenvalue weighted by Gasteiger charge is -2.45. The Morgan fingerprint density at radius 2 is 1.62 bits per heavy atom. The summed E-state index contributed by atoms with van der Waals surface area (Å²) < 4.78 is 0. The molecule has 2 aromatic carbocycles. The van der Waals surface area contributed by atoms with Crippen molar-refractivity contribution in [3.8, 4) is 11.1 Å². The van der Waals surface area contributed by atoms with Gasteiger partial charge in [-0.3, -0.25) is 0 Å². The lowest BCUT2D eigenvalue weighted by atomic mass is 9.39. The Labute approximate surface area is 247 Å². The molecule has 0 amide bonds. The maximum Gasteiger partial charge on any atom is 0.0689 e. The number of hydrogen-bond acceptors (Lipinski definition) is 0. The van der Waals surface area contributed by atoms with Gasteiger partial charge in [-0.15, -0.1) is 5.73 Å². The van der Waals surface area contributed by atoms with E-state index < -0.39 is 5.21 Å². The lowest BCUT2D eigenvalue weighted by molar-refractivity contribution is 0.251. The molecule has 40 heavy (non-hydrogen) atoms. The Morgan fingerprint density at radius 1 is 1.00 bits per heavy atom. The van der Waals surface area contributed by atoms with Gasteiger partial charge in [0.15, 0.2) is 0 Å². The number of benzene rings is 2. The van der Waals surface area contributed by atoms with E-state index in [-0.39, 0.29) is 16.7 Å². The molecule has 0 aliphatic heterocycles. The maximum atomic E-state index is 7.08. The number of allylic oxidation sites excluding steroid dienone is 6. The van der Waals surface area contributed by atoms with E-state index in [0.717, 1.165) is 12.0 Å². The lowest BCUT2D eigenvalue weighted by Crippen LogP contribution is -2.33. The second-order valence-electron chi connectivity index (χ2n) is 13.9. The summed E-state index contributed by atoms with van der Waals surface area (Å²) >= 11 is 0. The first-order valence-electron chi connectivity index (χ1n) is 14.9. The Kier molecular flexibility index (Phi) is 8.03. The van der Waals surface area contributed by atoms with Gasteiger partial charge >= 0.3 is 0 Å². The molecule has 2 aliphatic rings. The molecule has 0 fully saturated rings. The second kappa shape index (κ2) is 10.6. The van der Waals surface area contributed by atoms with Crippen molar-refractivity contribution in [2.75, 3.05) is 0 Å². The van der Waals surface area contributed by atoms with Crippen LogP contribution in [0.3, 0.4) is 0 Å². The molecule has 0 aromatic heterocycles. The van der Waals surface area contributed by atoms with Gasteiger partial charge < -0.3 is 0 Å². The van der Waals surface area contributed by atoms with Crippen molar-refractivity contribution in [1.82, 2.24) is 0 Å². The molecule has 2 atom stereocenters. The SMILES string of the molecule is [B]C([B])(C(/C=C(\C)c1c(C)ccc2c1C(C)c1c-2ccc2c1C=C=CC=C2)=C(\C)C(C)C(C)(C)CC)C(C)(C)C. The zero-order valence-corrected chi connectivity index (χ0v) is 26.7. The summed E-state index contributed by atoms with van der Waals surface area (Å²) in [6, 6.07) is 9.12. The summed E-state index contributed by atoms with van der Waals surface area (Å²) in [5, 5.41) is -0.988. The molecule has 4 radical (unpaired) electrons. The molecular formula is C38H46B2. The molecule has 204 valence electrons. The number of fused-ring (bicyclic) bond motifs is 5. The first-order valence-corrected chi connectivity index (χ1v) is 14.9. The van der Waals surface area contributed by atoms with Gasteiger partial charge in [-0.1, -0.05) is 121 Å². The maximum absolute atomic E-state index is 7.08. The zero-order chi connectivity index (χ0) is 29.8. The predicted molar refractivity (Wildman–Crippen MR) is 179 cm³/mol. The topological polar surface area (TPSA) is 0 Å². The van der Waals surface area contributed by atoms with Crippen molar-refractivity contribution in [3.63, 3.8) is 0 Å². The highest BCUT2D eigenvalue weighted by atomic mass is 14.4. The summed E-state index contributed by atoms with van der Waals surface area (Å²) in [5.41, 5.74) is 17.3. The highest BCUT2D eigenvalue weighted by molar-refractivity contribution is 6.43. The molecule has 0 heterocycles. The highest BCUT2D eigenvalue weighted by Gasteiger charge is 2.38. The van der Waals surface area contributed by atoms with Gasteiger partial charge in [0.25, 0.3) is 0 Å². The third kappa shape index (κ3) is 4.99. The Bertz CT molecular complexity index is 1490. The van der Waals surface area contributed by atoms with Crippen molar-refractivity contribution < 1.29 is 0 Å². The van der Waals surface area contributed by atoms with Gasteiger partial charge in [0.05, 0.1) is 15.7 Å². The molecule has 0 spiro atoms. The van der Waals surface area contributed by atoms with Crippen molar-refractivity contribution >= 4 is 33.4 Å². The number of hydrogen-bond donors (Lipinski definition) is 0. The summed E-state index contributed by atoms with van der Waals surface area (Å²) in [4.78, 5) is 0. The molecular weight excluding hydrogens is 478 g/mol. The molecule has 0 N–H and O–H groups in total. The first-order chi connectivity index (χ1) is 18.5. The van der Waals surface area contributed by atoms with E-state index in [9.17, 15) is 0 Å². The summed E-state index contributed by atoms with van der Waals surface area (Å²) in [6.07, 6.45) is 11.8. The van der Waals surface area contributed by atoms with Gasteiger partial charge in [0.1, 0.15) is 0 Å². The van der Waals surface area contributed by atoms with Crippen molar-refractivity contribution in [2.24, 2.45) is 16.7 Å². The molecule has 2 aliphatic carbocycles. The highest BCUT2D eigenvalue weighted by Crippen LogP contribution is 2.53. The molecule has 0 saturated heterocycles. The fraction of sp³-hybridized carbons (Fsp3) is 0.447. The van der Waals surface area contributed by atoms with Gasteiger partial charge in [-0.25, -0.2) is 0 Å². The smallest absolute Gasteiger partial charge is 0.0689 e. The third-order valence-electron chi connectivity index (χ3n) is 10.2. The van der Waals surface area contributed by atoms with Gasteiger partial charge in [0.2, 0.25) is 0 Å². The molecule has 2 aromatic rings. The number of aryl methyl sites for hydroxylation is 1. The minimum Gasteiger partial charge on any atom is -0.120 e. The zero-order valence-electron chi connectivity index (χ0n) is 26.7. The van der Waals surface area contributed by atoms with E-state index in [0.29, 0.717) is 5.92 Å². The van der Waals surface area contributed by atoms with Gasteiger partial charge in [-0.2, -0.15) is 0 Å². The first kappa shape index (κ1) is 30.3. The van der Waals surface area contributed by atoms with Crippen LogP contribution in [0.5, 0.6) is 0 Å². The molecule has 4 rings (SSSR count). The van der Waals surface area contributed by atoms with Crippen LogP contribution in [0.15, 0.2) is 59.4 Å². The third-order valence-corrected chi connectivity index (χ3v) is 10.2. The van der Waals surface area contributed by atoms with Crippen LogP contribution in [-0.2, 0) is 0 Å². The largest absolute Gasteiger partial charge is 0.120 e. The van der Waals surface area contributed by atoms with E-state index in [1.165, 1.54) is 55.7 Å². The minimum atomic E-state index is -0.988. The van der Waals surface area contributed by atoms with Crippen LogP contribution < -0.4 is 0 Å². The summed E-state index contributed by atoms with van der Waals surface area (Å²) in [6.45, 7) is 24.8. The average Bonchev–Trinajstić information content (AvgIpc) is 3.02. The molecule has 2 unspecified atom stereocenters. The van der Waals surface area contributed by atoms with Crippen LogP contribution in [0.4, 0.5) is 0 Å². The van der Waals surface area contributed by atoms with Crippen LogP contribution in [0.1, 0.15) is 115 Å². The van der Waals surface area contributed by atoms with E-state index in [4.69, 9.17) is 15.7 Å². The van der Waals surface area contributed by atoms with E-state index in [2.05, 4.69) is 130 Å². The predicted octanol–water partition coefficient (Wildman–Crippen LogP) is 10.6. The van der Waals surface area contributed by atoms with Crippen LogP contribution in [0.2, 0.25) is 5.21 Å². The fourth-order valence-corrected chi connectivity index (χ4v) is 6.46. The van der Waals surface area contributed by atoms with E-state index in [1.807, 2.05) is 6.08 Å². The number of rotatable bonds is 6. The van der Waals surface area contributed by atoms with Crippen LogP contribution >= 0.6 is 0 Å². The van der Waals surface area contributed by atoms with Crippen molar-refractivity contribution in [3.05, 3.63) is 92.8 Å². The quantitative estimate of drug-likeness (QED) is 0.200. The van der Waals surface area contributed by atoms with Crippen LogP contribution in [0.25, 0.3) is 28.9 Å². The van der Waals surface area contributed by atoms with Crippen LogP contribution in [-0.4, -0.2) is 15.7 Å². The molecule has 0 saturated carbocycles. The van der Waals surface area contributed by atoms with Gasteiger partial charge in [-0.05, 0) is 99.8 Å². The van der Waals surface area contributed by atoms with Gasteiger partial charge in [0, 0.05) is 5.92 Å². The minimum absolute atomic E-state index is 0.138. The Hall–Kier alpha value is -2.69. The average molecular weight is 524 g/mol. The van der Waals surface area contributed by atoms with Crippen LogP contribution in [0, 0.1) is 23.7 Å². The fourth-order valence-electron chi connectivity index (χ4n) is 6.46. The van der Waals surface area contributed by atoms with E-state index >= 15 is 0 Å². The monoisotopic (exact) mass is 524 g/mol. The van der Waals surface area contributed by atoms with E-state index in [1.54, 1.807) is 0 Å². The molecule has 0 bridgehead atoms. The van der Waals surface area contributed by atoms with Crippen molar-refractivity contribution in [1.29, 1.82) is 0 Å². The summed E-state index contributed by atoms with van der Waals surface area (Å²) in [7, 11) is 14.2. The molecule has 2 heteroatoms. The molecule has 0 nitrogen and oxygen atoms in total. The second-order valence-corrected chi connectivity index (χ2v) is 13.9. The van der Waals surface area contributed by atoms with Crippen molar-refractivity contribution in [2.45, 2.75) is 93.7 Å². The Morgan fingerprint density at radius 3 is 2.25 bits per heavy atom. The Balaban J connectivity index is 1.96. The standard InChI is InChI=1S/C38H46B2/c1-12-37(10,11)27(6)25(4)32(38(39,40)36(7,8)9)22-24(3)33-23(2)18-20-31-30-21-19-28-16-14-13-15-17-29(28)34(30)26(5)35(31)33/h13-14,16-22,26-27H,12H2,1-11H3/b24-22+,32-25+. The summed E-state index contributed by atoms with van der Waals surface area (Å²) in [5.74, 6) is 0.594.